The van der Waals surface area contributed by atoms with Gasteiger partial charge in [0.25, 0.3) is 0 Å². The number of hydrogen-bond acceptors (Lipinski definition) is 4. The number of rotatable bonds is 5. The van der Waals surface area contributed by atoms with Gasteiger partial charge in [-0.25, -0.2) is 0 Å². The molecule has 1 aromatic rings. The summed E-state index contributed by atoms with van der Waals surface area (Å²) >= 11 is 0. The first-order valence-electron chi connectivity index (χ1n) is 6.57. The summed E-state index contributed by atoms with van der Waals surface area (Å²) in [7, 11) is 0. The molecule has 0 radical (unpaired) electrons. The number of carbonyl (C=O) groups is 2. The number of benzene rings is 1. The third kappa shape index (κ3) is 2.78. The fourth-order valence-electron chi connectivity index (χ4n) is 2.40. The van der Waals surface area contributed by atoms with E-state index in [0.717, 1.165) is 12.8 Å². The summed E-state index contributed by atoms with van der Waals surface area (Å²) in [5.41, 5.74) is 0.0961. The second kappa shape index (κ2) is 5.87. The van der Waals surface area contributed by atoms with E-state index < -0.39 is 17.4 Å². The number of carbonyl (C=O) groups excluding carboxylic acids is 2. The molecule has 1 fully saturated rings. The van der Waals surface area contributed by atoms with Crippen molar-refractivity contribution in [2.24, 2.45) is 5.41 Å². The smallest absolute Gasteiger partial charge is 0.326 e. The van der Waals surface area contributed by atoms with Crippen LogP contribution in [-0.2, 0) is 25.5 Å². The van der Waals surface area contributed by atoms with Gasteiger partial charge in [0.15, 0.2) is 5.41 Å². The lowest BCUT2D eigenvalue weighted by atomic mass is 9.79. The highest BCUT2D eigenvalue weighted by Crippen LogP contribution is 2.34. The molecule has 2 rings (SSSR count). The van der Waals surface area contributed by atoms with E-state index in [9.17, 15) is 9.59 Å². The summed E-state index contributed by atoms with van der Waals surface area (Å²) in [5, 5.41) is 0. The Hall–Kier alpha value is -1.84. The van der Waals surface area contributed by atoms with Crippen molar-refractivity contribution < 1.29 is 19.1 Å². The highest BCUT2D eigenvalue weighted by atomic mass is 16.7. The van der Waals surface area contributed by atoms with Gasteiger partial charge in [0, 0.05) is 0 Å². The van der Waals surface area contributed by atoms with Crippen LogP contribution >= 0.6 is 0 Å². The Morgan fingerprint density at radius 2 is 1.74 bits per heavy atom. The maximum absolute atomic E-state index is 11.9. The van der Waals surface area contributed by atoms with E-state index in [1.165, 1.54) is 5.56 Å². The van der Waals surface area contributed by atoms with Crippen LogP contribution in [0, 0.1) is 5.41 Å². The first-order chi connectivity index (χ1) is 9.19. The maximum Gasteiger partial charge on any atom is 0.326 e. The van der Waals surface area contributed by atoms with Crippen molar-refractivity contribution in [3.63, 3.8) is 0 Å². The molecule has 1 aromatic carbocycles. The van der Waals surface area contributed by atoms with E-state index in [1.807, 2.05) is 37.3 Å². The molecule has 19 heavy (non-hydrogen) atoms. The molecule has 0 amide bonds. The third-order valence-electron chi connectivity index (χ3n) is 3.68. The Morgan fingerprint density at radius 3 is 2.32 bits per heavy atom. The minimum absolute atomic E-state index is 0.252. The van der Waals surface area contributed by atoms with Gasteiger partial charge in [-0.05, 0) is 31.2 Å². The first-order valence-corrected chi connectivity index (χ1v) is 6.57. The molecule has 0 bridgehead atoms. The van der Waals surface area contributed by atoms with E-state index in [2.05, 4.69) is 0 Å². The molecule has 0 aliphatic carbocycles. The SMILES string of the molecule is CCC1(CCCc2ccccc2)C(=O)OCOC1=O. The van der Waals surface area contributed by atoms with Crippen molar-refractivity contribution in [2.75, 3.05) is 6.79 Å². The zero-order valence-electron chi connectivity index (χ0n) is 11.1. The third-order valence-corrected chi connectivity index (χ3v) is 3.68. The van der Waals surface area contributed by atoms with E-state index in [-0.39, 0.29) is 6.79 Å². The van der Waals surface area contributed by atoms with E-state index in [1.54, 1.807) is 0 Å². The summed E-state index contributed by atoms with van der Waals surface area (Å²) < 4.78 is 9.75. The van der Waals surface area contributed by atoms with Crippen LogP contribution < -0.4 is 0 Å². The van der Waals surface area contributed by atoms with Crippen molar-refractivity contribution in [2.45, 2.75) is 32.6 Å². The number of aryl methyl sites for hydroxylation is 1. The van der Waals surface area contributed by atoms with Gasteiger partial charge in [-0.15, -0.1) is 0 Å². The minimum Gasteiger partial charge on any atom is -0.427 e. The fraction of sp³-hybridized carbons (Fsp3) is 0.467. The van der Waals surface area contributed by atoms with Crippen LogP contribution in [0.1, 0.15) is 31.7 Å². The predicted octanol–water partition coefficient (Wildman–Crippen LogP) is 2.46. The Balaban J connectivity index is 1.99. The van der Waals surface area contributed by atoms with Crippen molar-refractivity contribution in [3.05, 3.63) is 35.9 Å². The average molecular weight is 262 g/mol. The van der Waals surface area contributed by atoms with Crippen LogP contribution in [0.15, 0.2) is 30.3 Å². The molecule has 0 atom stereocenters. The highest BCUT2D eigenvalue weighted by molar-refractivity contribution is 6.01. The molecule has 1 heterocycles. The summed E-state index contributed by atoms with van der Waals surface area (Å²) in [4.78, 5) is 23.8. The van der Waals surface area contributed by atoms with E-state index in [4.69, 9.17) is 9.47 Å². The minimum atomic E-state index is -1.10. The van der Waals surface area contributed by atoms with Crippen LogP contribution in [0.3, 0.4) is 0 Å². The summed E-state index contributed by atoms with van der Waals surface area (Å²) in [6.07, 6.45) is 2.47. The summed E-state index contributed by atoms with van der Waals surface area (Å²) in [6.45, 7) is 1.56. The fourth-order valence-corrected chi connectivity index (χ4v) is 2.40. The molecule has 102 valence electrons. The van der Waals surface area contributed by atoms with Crippen molar-refractivity contribution in [3.8, 4) is 0 Å². The van der Waals surface area contributed by atoms with Crippen LogP contribution in [-0.4, -0.2) is 18.7 Å². The largest absolute Gasteiger partial charge is 0.427 e. The molecule has 1 aliphatic rings. The van der Waals surface area contributed by atoms with Crippen LogP contribution in [0.25, 0.3) is 0 Å². The molecular weight excluding hydrogens is 244 g/mol. The van der Waals surface area contributed by atoms with Crippen molar-refractivity contribution in [1.82, 2.24) is 0 Å². The van der Waals surface area contributed by atoms with E-state index >= 15 is 0 Å². The number of ether oxygens (including phenoxy) is 2. The first kappa shape index (κ1) is 13.6. The molecule has 0 aromatic heterocycles. The lowest BCUT2D eigenvalue weighted by Gasteiger charge is -2.31. The Morgan fingerprint density at radius 1 is 1.11 bits per heavy atom. The van der Waals surface area contributed by atoms with Gasteiger partial charge in [0.05, 0.1) is 0 Å². The highest BCUT2D eigenvalue weighted by Gasteiger charge is 2.49. The quantitative estimate of drug-likeness (QED) is 0.604. The standard InChI is InChI=1S/C15H18O4/c1-2-15(13(16)18-11-19-14(15)17)10-6-9-12-7-4-3-5-8-12/h3-5,7-8H,2,6,9-11H2,1H3. The predicted molar refractivity (Wildman–Crippen MR) is 69.2 cm³/mol. The van der Waals surface area contributed by atoms with Gasteiger partial charge in [-0.3, -0.25) is 9.59 Å². The van der Waals surface area contributed by atoms with Gasteiger partial charge >= 0.3 is 11.9 Å². The molecule has 0 N–H and O–H groups in total. The molecule has 0 unspecified atom stereocenters. The molecule has 1 aliphatic heterocycles. The van der Waals surface area contributed by atoms with Gasteiger partial charge in [-0.1, -0.05) is 37.3 Å². The zero-order chi connectivity index (χ0) is 13.7. The zero-order valence-corrected chi connectivity index (χ0v) is 11.1. The number of esters is 2. The summed E-state index contributed by atoms with van der Waals surface area (Å²) in [6, 6.07) is 10.0. The molecule has 4 nitrogen and oxygen atoms in total. The lowest BCUT2D eigenvalue weighted by molar-refractivity contribution is -0.203. The van der Waals surface area contributed by atoms with Gasteiger partial charge in [0.2, 0.25) is 6.79 Å². The van der Waals surface area contributed by atoms with Crippen LogP contribution in [0.5, 0.6) is 0 Å². The van der Waals surface area contributed by atoms with Gasteiger partial charge < -0.3 is 9.47 Å². The van der Waals surface area contributed by atoms with Crippen molar-refractivity contribution >= 4 is 11.9 Å². The van der Waals surface area contributed by atoms with Gasteiger partial charge in [-0.2, -0.15) is 0 Å². The summed E-state index contributed by atoms with van der Waals surface area (Å²) in [5.74, 6) is -0.890. The Kier molecular flexibility index (Phi) is 4.20. The van der Waals surface area contributed by atoms with Crippen molar-refractivity contribution in [1.29, 1.82) is 0 Å². The molecule has 0 saturated carbocycles. The Labute approximate surface area is 112 Å². The second-order valence-corrected chi connectivity index (χ2v) is 4.76. The van der Waals surface area contributed by atoms with Crippen LogP contribution in [0.2, 0.25) is 0 Å². The number of cyclic esters (lactones) is 2. The monoisotopic (exact) mass is 262 g/mol. The van der Waals surface area contributed by atoms with E-state index in [0.29, 0.717) is 12.8 Å². The Bertz CT molecular complexity index is 436. The lowest BCUT2D eigenvalue weighted by Crippen LogP contribution is -2.46. The number of hydrogen-bond donors (Lipinski definition) is 0. The topological polar surface area (TPSA) is 52.6 Å². The molecule has 1 saturated heterocycles. The van der Waals surface area contributed by atoms with Crippen LogP contribution in [0.4, 0.5) is 0 Å². The van der Waals surface area contributed by atoms with Gasteiger partial charge in [0.1, 0.15) is 0 Å². The average Bonchev–Trinajstić information content (AvgIpc) is 2.44. The maximum atomic E-state index is 11.9. The molecule has 4 heteroatoms. The molecule has 0 spiro atoms. The molecular formula is C15H18O4. The second-order valence-electron chi connectivity index (χ2n) is 4.76. The normalized spacial score (nSPS) is 17.7.